The monoisotopic (exact) mass is 438 g/mol. The minimum Gasteiger partial charge on any atom is -0.489 e. The maximum atomic E-state index is 13.0. The topological polar surface area (TPSA) is 104 Å². The summed E-state index contributed by atoms with van der Waals surface area (Å²) in [7, 11) is 1.44. The minimum atomic E-state index is -4.61. The molecule has 0 radical (unpaired) electrons. The molecule has 0 aliphatic carbocycles. The highest BCUT2D eigenvalue weighted by molar-refractivity contribution is 5.96. The molecule has 0 atom stereocenters. The molecule has 0 aliphatic heterocycles. The van der Waals surface area contributed by atoms with Crippen LogP contribution < -0.4 is 10.1 Å². The van der Waals surface area contributed by atoms with E-state index in [1.165, 1.54) is 36.2 Å². The molecular formula is C19H17F3N4O5. The van der Waals surface area contributed by atoms with E-state index in [0.717, 1.165) is 18.2 Å². The maximum absolute atomic E-state index is 13.0. The van der Waals surface area contributed by atoms with Crippen molar-refractivity contribution in [3.05, 3.63) is 54.0 Å². The van der Waals surface area contributed by atoms with E-state index in [0.29, 0.717) is 5.65 Å². The van der Waals surface area contributed by atoms with Crippen molar-refractivity contribution in [2.75, 3.05) is 32.2 Å². The first-order valence-corrected chi connectivity index (χ1v) is 8.87. The molecule has 1 N–H and O–H groups in total. The first kappa shape index (κ1) is 22.0. The van der Waals surface area contributed by atoms with Gasteiger partial charge in [0.15, 0.2) is 12.3 Å². The van der Waals surface area contributed by atoms with Gasteiger partial charge in [0, 0.05) is 13.3 Å². The van der Waals surface area contributed by atoms with Gasteiger partial charge in [0.05, 0.1) is 23.4 Å². The van der Waals surface area contributed by atoms with Crippen LogP contribution in [0.15, 0.2) is 42.9 Å². The lowest BCUT2D eigenvalue weighted by Crippen LogP contribution is -2.22. The molecule has 0 bridgehead atoms. The number of nitrogens with one attached hydrogen (secondary N) is 1. The van der Waals surface area contributed by atoms with Gasteiger partial charge in [-0.05, 0) is 30.3 Å². The quantitative estimate of drug-likeness (QED) is 0.426. The van der Waals surface area contributed by atoms with E-state index in [-0.39, 0.29) is 30.2 Å². The average Bonchev–Trinajstić information content (AvgIpc) is 3.20. The molecule has 12 heteroatoms. The van der Waals surface area contributed by atoms with Crippen molar-refractivity contribution in [1.29, 1.82) is 0 Å². The number of amides is 1. The van der Waals surface area contributed by atoms with Gasteiger partial charge in [-0.2, -0.15) is 13.2 Å². The number of aromatic nitrogens is 3. The molecule has 0 saturated carbocycles. The Kier molecular flexibility index (Phi) is 6.70. The van der Waals surface area contributed by atoms with Crippen molar-refractivity contribution in [3.8, 4) is 5.75 Å². The van der Waals surface area contributed by atoms with E-state index < -0.39 is 30.2 Å². The summed E-state index contributed by atoms with van der Waals surface area (Å²) in [6.45, 7) is -0.457. The van der Waals surface area contributed by atoms with E-state index in [4.69, 9.17) is 14.2 Å². The predicted octanol–water partition coefficient (Wildman–Crippen LogP) is 2.57. The van der Waals surface area contributed by atoms with Crippen LogP contribution in [-0.4, -0.2) is 53.4 Å². The first-order valence-electron chi connectivity index (χ1n) is 8.87. The highest BCUT2D eigenvalue weighted by Gasteiger charge is 2.31. The van der Waals surface area contributed by atoms with Gasteiger partial charge < -0.3 is 19.5 Å². The maximum Gasteiger partial charge on any atom is 0.416 e. The lowest BCUT2D eigenvalue weighted by atomic mass is 10.1. The summed E-state index contributed by atoms with van der Waals surface area (Å²) in [5, 5.41) is 9.75. The van der Waals surface area contributed by atoms with Gasteiger partial charge in [-0.25, -0.2) is 4.79 Å². The van der Waals surface area contributed by atoms with E-state index in [1.54, 1.807) is 0 Å². The van der Waals surface area contributed by atoms with Crippen LogP contribution in [-0.2, 0) is 20.4 Å². The van der Waals surface area contributed by atoms with Crippen LogP contribution in [0.25, 0.3) is 5.65 Å². The molecular weight excluding hydrogens is 421 g/mol. The van der Waals surface area contributed by atoms with Gasteiger partial charge in [-0.1, -0.05) is 0 Å². The number of pyridine rings is 1. The van der Waals surface area contributed by atoms with E-state index in [1.807, 2.05) is 0 Å². The van der Waals surface area contributed by atoms with Crippen LogP contribution in [0.3, 0.4) is 0 Å². The van der Waals surface area contributed by atoms with Gasteiger partial charge in [0.25, 0.3) is 5.91 Å². The summed E-state index contributed by atoms with van der Waals surface area (Å²) in [5.41, 5.74) is -0.526. The molecule has 164 valence electrons. The predicted molar refractivity (Wildman–Crippen MR) is 101 cm³/mol. The molecule has 0 aliphatic rings. The number of esters is 1. The Labute approximate surface area is 173 Å². The van der Waals surface area contributed by atoms with Crippen LogP contribution in [0.5, 0.6) is 5.75 Å². The Morgan fingerprint density at radius 2 is 1.97 bits per heavy atom. The standard InChI is InChI=1S/C19H17F3N4O5/c1-29-6-7-30-15-4-3-13(19(20,21)22)8-14(15)24-17(27)10-31-18(28)12-2-5-16-25-23-11-26(16)9-12/h2-5,8-9,11H,6-7,10H2,1H3,(H,24,27). The van der Waals surface area contributed by atoms with Crippen molar-refractivity contribution in [1.82, 2.24) is 14.6 Å². The molecule has 1 aromatic carbocycles. The summed E-state index contributed by atoms with van der Waals surface area (Å²) < 4.78 is 55.7. The van der Waals surface area contributed by atoms with Gasteiger partial charge in [-0.15, -0.1) is 10.2 Å². The minimum absolute atomic E-state index is 0.0165. The SMILES string of the molecule is COCCOc1ccc(C(F)(F)F)cc1NC(=O)COC(=O)c1ccc2nncn2c1. The Balaban J connectivity index is 1.66. The van der Waals surface area contributed by atoms with Crippen LogP contribution in [0.2, 0.25) is 0 Å². The Hall–Kier alpha value is -3.67. The Morgan fingerprint density at radius 1 is 1.16 bits per heavy atom. The number of rotatable bonds is 8. The number of halogens is 3. The summed E-state index contributed by atoms with van der Waals surface area (Å²) in [6.07, 6.45) is -1.81. The molecule has 2 aromatic heterocycles. The Bertz CT molecular complexity index is 1080. The molecule has 3 rings (SSSR count). The van der Waals surface area contributed by atoms with Gasteiger partial charge >= 0.3 is 12.1 Å². The lowest BCUT2D eigenvalue weighted by Gasteiger charge is -2.15. The largest absolute Gasteiger partial charge is 0.489 e. The second-order valence-corrected chi connectivity index (χ2v) is 6.19. The van der Waals surface area contributed by atoms with Crippen molar-refractivity contribution in [3.63, 3.8) is 0 Å². The number of fused-ring (bicyclic) bond motifs is 1. The van der Waals surface area contributed by atoms with Crippen LogP contribution in [0.4, 0.5) is 18.9 Å². The number of nitrogens with zero attached hydrogens (tertiary/aromatic N) is 3. The summed E-state index contributed by atoms with van der Waals surface area (Å²) >= 11 is 0. The van der Waals surface area contributed by atoms with Crippen molar-refractivity contribution in [2.24, 2.45) is 0 Å². The second-order valence-electron chi connectivity index (χ2n) is 6.19. The van der Waals surface area contributed by atoms with Crippen molar-refractivity contribution < 1.29 is 37.0 Å². The fourth-order valence-electron chi connectivity index (χ4n) is 2.51. The van der Waals surface area contributed by atoms with E-state index in [2.05, 4.69) is 15.5 Å². The third-order valence-electron chi connectivity index (χ3n) is 3.99. The third kappa shape index (κ3) is 5.69. The summed E-state index contributed by atoms with van der Waals surface area (Å²) in [5.74, 6) is -1.62. The van der Waals surface area contributed by atoms with Crippen molar-refractivity contribution in [2.45, 2.75) is 6.18 Å². The average molecular weight is 438 g/mol. The fraction of sp³-hybridized carbons (Fsp3) is 0.263. The van der Waals surface area contributed by atoms with E-state index >= 15 is 0 Å². The number of ether oxygens (including phenoxy) is 3. The van der Waals surface area contributed by atoms with E-state index in [9.17, 15) is 22.8 Å². The number of alkyl halides is 3. The second kappa shape index (κ2) is 9.43. The zero-order valence-corrected chi connectivity index (χ0v) is 16.2. The molecule has 0 saturated heterocycles. The smallest absolute Gasteiger partial charge is 0.416 e. The van der Waals surface area contributed by atoms with Crippen LogP contribution >= 0.6 is 0 Å². The van der Waals surface area contributed by atoms with Gasteiger partial charge in [-0.3, -0.25) is 9.20 Å². The third-order valence-corrected chi connectivity index (χ3v) is 3.99. The molecule has 2 heterocycles. The number of carbonyl (C=O) groups excluding carboxylic acids is 2. The molecule has 9 nitrogen and oxygen atoms in total. The number of carbonyl (C=O) groups is 2. The molecule has 31 heavy (non-hydrogen) atoms. The van der Waals surface area contributed by atoms with Gasteiger partial charge in [0.2, 0.25) is 0 Å². The number of anilines is 1. The number of hydrogen-bond acceptors (Lipinski definition) is 7. The summed E-state index contributed by atoms with van der Waals surface area (Å²) in [4.78, 5) is 24.3. The fourth-order valence-corrected chi connectivity index (χ4v) is 2.51. The highest BCUT2D eigenvalue weighted by atomic mass is 19.4. The molecule has 0 spiro atoms. The normalized spacial score (nSPS) is 11.4. The molecule has 0 unspecified atom stereocenters. The van der Waals surface area contributed by atoms with Gasteiger partial charge in [0.1, 0.15) is 18.7 Å². The van der Waals surface area contributed by atoms with Crippen LogP contribution in [0.1, 0.15) is 15.9 Å². The zero-order chi connectivity index (χ0) is 22.4. The number of hydrogen-bond donors (Lipinski definition) is 1. The van der Waals surface area contributed by atoms with Crippen LogP contribution in [0, 0.1) is 0 Å². The molecule has 0 fully saturated rings. The first-order chi connectivity index (χ1) is 14.8. The highest BCUT2D eigenvalue weighted by Crippen LogP contribution is 2.35. The van der Waals surface area contributed by atoms with Crippen molar-refractivity contribution >= 4 is 23.2 Å². The lowest BCUT2D eigenvalue weighted by molar-refractivity contribution is -0.137. The zero-order valence-electron chi connectivity index (χ0n) is 16.2. The molecule has 3 aromatic rings. The number of methoxy groups -OCH3 is 1. The summed E-state index contributed by atoms with van der Waals surface area (Å²) in [6, 6.07) is 5.64. The Morgan fingerprint density at radius 3 is 2.71 bits per heavy atom. The molecule has 1 amide bonds. The number of benzene rings is 1.